The molecule has 0 bridgehead atoms. The Labute approximate surface area is 207 Å². The Hall–Kier alpha value is -2.94. The second kappa shape index (κ2) is 10.4. The van der Waals surface area contributed by atoms with Gasteiger partial charge in [0.15, 0.2) is 0 Å². The third-order valence-electron chi connectivity index (χ3n) is 7.70. The van der Waals surface area contributed by atoms with Crippen LogP contribution in [0.5, 0.6) is 5.75 Å². The fraction of sp³-hybridized carbons (Fsp3) is 0.615. The Bertz CT molecular complexity index is 982. The average molecular weight is 485 g/mol. The lowest BCUT2D eigenvalue weighted by Crippen LogP contribution is -2.52. The molecule has 1 aliphatic carbocycles. The number of hydrogen-bond acceptors (Lipinski definition) is 6. The van der Waals surface area contributed by atoms with E-state index in [1.54, 1.807) is 49.2 Å². The van der Waals surface area contributed by atoms with E-state index in [9.17, 15) is 19.2 Å². The van der Waals surface area contributed by atoms with E-state index in [1.165, 1.54) is 4.90 Å². The fourth-order valence-corrected chi connectivity index (χ4v) is 5.54. The van der Waals surface area contributed by atoms with Crippen molar-refractivity contribution >= 4 is 23.6 Å². The molecule has 0 N–H and O–H groups in total. The molecule has 1 saturated carbocycles. The van der Waals surface area contributed by atoms with E-state index < -0.39 is 5.41 Å². The number of piperazine rings is 1. The van der Waals surface area contributed by atoms with Gasteiger partial charge in [0.2, 0.25) is 23.6 Å². The zero-order valence-corrected chi connectivity index (χ0v) is 21.0. The number of carbonyl (C=O) groups excluding carboxylic acids is 4. The first-order valence-electron chi connectivity index (χ1n) is 12.5. The van der Waals surface area contributed by atoms with Crippen LogP contribution in [0.25, 0.3) is 0 Å². The molecule has 3 fully saturated rings. The second-order valence-corrected chi connectivity index (χ2v) is 10.1. The minimum Gasteiger partial charge on any atom is -0.497 e. The van der Waals surface area contributed by atoms with Crippen LogP contribution in [0.4, 0.5) is 0 Å². The van der Waals surface area contributed by atoms with Gasteiger partial charge < -0.3 is 14.5 Å². The molecule has 1 aromatic carbocycles. The molecule has 0 spiro atoms. The van der Waals surface area contributed by atoms with Crippen molar-refractivity contribution < 1.29 is 23.9 Å². The molecule has 4 amide bonds. The lowest BCUT2D eigenvalue weighted by molar-refractivity contribution is -0.145. The summed E-state index contributed by atoms with van der Waals surface area (Å²) in [6.45, 7) is 2.49. The molecule has 0 aromatic heterocycles. The van der Waals surface area contributed by atoms with Gasteiger partial charge in [-0.3, -0.25) is 29.0 Å². The highest BCUT2D eigenvalue weighted by Crippen LogP contribution is 2.43. The first-order chi connectivity index (χ1) is 16.7. The summed E-state index contributed by atoms with van der Waals surface area (Å²) in [5.41, 5.74) is -0.567. The molecule has 1 aromatic rings. The number of likely N-dealkylation sites (tertiary alicyclic amines) is 1. The quantitative estimate of drug-likeness (QED) is 0.542. The lowest BCUT2D eigenvalue weighted by Gasteiger charge is -2.37. The minimum absolute atomic E-state index is 0.00145. The van der Waals surface area contributed by atoms with Crippen LogP contribution in [0.2, 0.25) is 0 Å². The van der Waals surface area contributed by atoms with E-state index in [0.29, 0.717) is 44.0 Å². The first-order valence-corrected chi connectivity index (χ1v) is 12.5. The molecule has 2 heterocycles. The summed E-state index contributed by atoms with van der Waals surface area (Å²) in [5.74, 6) is 0.0356. The predicted octanol–water partition coefficient (Wildman–Crippen LogP) is 1.26. The molecular formula is C26H36N4O5. The summed E-state index contributed by atoms with van der Waals surface area (Å²) in [7, 11) is 5.02. The number of rotatable bonds is 7. The molecule has 0 radical (unpaired) electrons. The lowest BCUT2D eigenvalue weighted by atomic mass is 9.75. The van der Waals surface area contributed by atoms with E-state index in [2.05, 4.69) is 0 Å². The van der Waals surface area contributed by atoms with Crippen molar-refractivity contribution in [1.29, 1.82) is 0 Å². The second-order valence-electron chi connectivity index (χ2n) is 10.1. The Morgan fingerprint density at radius 3 is 2.40 bits per heavy atom. The van der Waals surface area contributed by atoms with Gasteiger partial charge in [-0.05, 0) is 30.5 Å². The maximum Gasteiger partial charge on any atom is 0.241 e. The van der Waals surface area contributed by atoms with Crippen LogP contribution >= 0.6 is 0 Å². The number of likely N-dealkylation sites (N-methyl/N-ethyl adjacent to an activating group) is 1. The molecule has 2 saturated heterocycles. The van der Waals surface area contributed by atoms with Crippen molar-refractivity contribution in [1.82, 2.24) is 19.6 Å². The summed E-state index contributed by atoms with van der Waals surface area (Å²) in [5, 5.41) is 0. The largest absolute Gasteiger partial charge is 0.497 e. The fourth-order valence-electron chi connectivity index (χ4n) is 5.54. The zero-order chi connectivity index (χ0) is 25.2. The number of imide groups is 1. The maximum absolute atomic E-state index is 13.9. The van der Waals surface area contributed by atoms with Crippen molar-refractivity contribution in [2.45, 2.75) is 50.0 Å². The Morgan fingerprint density at radius 2 is 1.77 bits per heavy atom. The van der Waals surface area contributed by atoms with E-state index >= 15 is 0 Å². The van der Waals surface area contributed by atoms with E-state index in [-0.39, 0.29) is 42.5 Å². The van der Waals surface area contributed by atoms with Crippen molar-refractivity contribution in [3.63, 3.8) is 0 Å². The minimum atomic E-state index is -1.22. The van der Waals surface area contributed by atoms with Gasteiger partial charge in [-0.25, -0.2) is 0 Å². The normalized spacial score (nSPS) is 23.7. The molecule has 1 atom stereocenters. The van der Waals surface area contributed by atoms with Gasteiger partial charge >= 0.3 is 0 Å². The van der Waals surface area contributed by atoms with Gasteiger partial charge in [-0.1, -0.05) is 25.0 Å². The number of carbonyl (C=O) groups is 4. The van der Waals surface area contributed by atoms with Gasteiger partial charge in [0, 0.05) is 59.2 Å². The molecule has 35 heavy (non-hydrogen) atoms. The third-order valence-corrected chi connectivity index (χ3v) is 7.70. The van der Waals surface area contributed by atoms with E-state index in [1.807, 2.05) is 11.0 Å². The van der Waals surface area contributed by atoms with Gasteiger partial charge in [-0.2, -0.15) is 0 Å². The van der Waals surface area contributed by atoms with Crippen LogP contribution in [0.1, 0.15) is 44.1 Å². The Morgan fingerprint density at radius 1 is 1.09 bits per heavy atom. The summed E-state index contributed by atoms with van der Waals surface area (Å²) in [6, 6.07) is 7.13. The standard InChI is InChI=1S/C26H36N4O5/c1-27(2)24(33)18-28-11-13-29(14-12-28)22(31)16-26(19-7-6-10-21(15-19)35-3)17-23(32)30(25(26)34)20-8-4-5-9-20/h6-7,10,15,20H,4-5,8-9,11-14,16-18H2,1-3H3. The van der Waals surface area contributed by atoms with Crippen LogP contribution in [0.3, 0.4) is 0 Å². The van der Waals surface area contributed by atoms with Crippen LogP contribution in [0.15, 0.2) is 24.3 Å². The Balaban J connectivity index is 1.54. The number of hydrogen-bond donors (Lipinski definition) is 0. The predicted molar refractivity (Wildman–Crippen MR) is 130 cm³/mol. The van der Waals surface area contributed by atoms with Crippen LogP contribution < -0.4 is 4.74 Å². The van der Waals surface area contributed by atoms with Crippen molar-refractivity contribution in [2.24, 2.45) is 0 Å². The van der Waals surface area contributed by atoms with Crippen LogP contribution in [-0.2, 0) is 24.6 Å². The van der Waals surface area contributed by atoms with E-state index in [4.69, 9.17) is 4.74 Å². The highest BCUT2D eigenvalue weighted by atomic mass is 16.5. The molecule has 3 aliphatic rings. The number of benzene rings is 1. The molecule has 9 heteroatoms. The van der Waals surface area contributed by atoms with E-state index in [0.717, 1.165) is 25.7 Å². The van der Waals surface area contributed by atoms with Crippen molar-refractivity contribution in [2.75, 3.05) is 53.9 Å². The van der Waals surface area contributed by atoms with Crippen LogP contribution in [-0.4, -0.2) is 103 Å². The molecule has 190 valence electrons. The van der Waals surface area contributed by atoms with Gasteiger partial charge in [-0.15, -0.1) is 0 Å². The summed E-state index contributed by atoms with van der Waals surface area (Å²) < 4.78 is 5.39. The number of methoxy groups -OCH3 is 1. The monoisotopic (exact) mass is 484 g/mol. The number of ether oxygens (including phenoxy) is 1. The first kappa shape index (κ1) is 25.2. The molecule has 2 aliphatic heterocycles. The Kier molecular flexibility index (Phi) is 7.44. The van der Waals surface area contributed by atoms with Gasteiger partial charge in [0.05, 0.1) is 19.1 Å². The zero-order valence-electron chi connectivity index (χ0n) is 21.0. The highest BCUT2D eigenvalue weighted by molar-refractivity contribution is 6.11. The summed E-state index contributed by atoms with van der Waals surface area (Å²) >= 11 is 0. The van der Waals surface area contributed by atoms with Gasteiger partial charge in [0.1, 0.15) is 5.75 Å². The van der Waals surface area contributed by atoms with Crippen molar-refractivity contribution in [3.05, 3.63) is 29.8 Å². The third kappa shape index (κ3) is 5.05. The SMILES string of the molecule is COc1cccc(C2(CC(=O)N3CCN(CC(=O)N(C)C)CC3)CC(=O)N(C3CCCC3)C2=O)c1. The smallest absolute Gasteiger partial charge is 0.241 e. The maximum atomic E-state index is 13.9. The van der Waals surface area contributed by atoms with Crippen LogP contribution in [0, 0.1) is 0 Å². The number of nitrogens with zero attached hydrogens (tertiary/aromatic N) is 4. The molecule has 1 unspecified atom stereocenters. The summed E-state index contributed by atoms with van der Waals surface area (Å²) in [4.78, 5) is 59.5. The molecule has 4 rings (SSSR count). The average Bonchev–Trinajstić information content (AvgIpc) is 3.46. The molecule has 9 nitrogen and oxygen atoms in total. The summed E-state index contributed by atoms with van der Waals surface area (Å²) in [6.07, 6.45) is 3.62. The van der Waals surface area contributed by atoms with Gasteiger partial charge in [0.25, 0.3) is 0 Å². The highest BCUT2D eigenvalue weighted by Gasteiger charge is 2.56. The topological polar surface area (TPSA) is 90.5 Å². The number of amides is 4. The molecular weight excluding hydrogens is 448 g/mol. The van der Waals surface area contributed by atoms with Crippen molar-refractivity contribution in [3.8, 4) is 5.75 Å².